The first-order valence-electron chi connectivity index (χ1n) is 4.17. The second kappa shape index (κ2) is 5.60. The van der Waals surface area contributed by atoms with Crippen molar-refractivity contribution in [2.24, 2.45) is 0 Å². The molecular formula is C11H12OS. The molecule has 1 aromatic rings. The highest BCUT2D eigenvalue weighted by atomic mass is 32.1. The first-order valence-corrected chi connectivity index (χ1v) is 4.80. The summed E-state index contributed by atoms with van der Waals surface area (Å²) in [6.07, 6.45) is 5.16. The third-order valence-corrected chi connectivity index (χ3v) is 2.04. The summed E-state index contributed by atoms with van der Waals surface area (Å²) in [4.78, 5) is 10.1. The smallest absolute Gasteiger partial charge is 0.123 e. The molecule has 68 valence electrons. The number of carbonyl (C=O) groups is 1. The van der Waals surface area contributed by atoms with E-state index >= 15 is 0 Å². The lowest BCUT2D eigenvalue weighted by Crippen LogP contribution is -1.78. The van der Waals surface area contributed by atoms with Crippen molar-refractivity contribution in [1.82, 2.24) is 0 Å². The second-order valence-electron chi connectivity index (χ2n) is 2.71. The van der Waals surface area contributed by atoms with Gasteiger partial charge in [0.2, 0.25) is 0 Å². The van der Waals surface area contributed by atoms with Gasteiger partial charge < -0.3 is 4.79 Å². The molecule has 0 unspecified atom stereocenters. The summed E-state index contributed by atoms with van der Waals surface area (Å²) in [6.45, 7) is 0. The molecule has 0 radical (unpaired) electrons. The minimum absolute atomic E-state index is 0.477. The van der Waals surface area contributed by atoms with Gasteiger partial charge in [0, 0.05) is 12.2 Å². The Bertz CT molecular complexity index is 305. The molecule has 0 aliphatic heterocycles. The molecule has 0 atom stereocenters. The van der Waals surface area contributed by atoms with Gasteiger partial charge >= 0.3 is 0 Å². The second-order valence-corrected chi connectivity index (χ2v) is 3.02. The van der Waals surface area contributed by atoms with Gasteiger partial charge in [0.05, 0.1) is 0 Å². The van der Waals surface area contributed by atoms with Gasteiger partial charge in [0.1, 0.15) is 6.29 Å². The number of hydrogen-bond donors (Lipinski definition) is 1. The molecule has 0 bridgehead atoms. The summed E-state index contributed by atoms with van der Waals surface area (Å²) in [5.41, 5.74) is 2.31. The molecule has 0 saturated carbocycles. The van der Waals surface area contributed by atoms with Crippen LogP contribution in [0.25, 0.3) is 6.08 Å². The Morgan fingerprint density at radius 1 is 1.38 bits per heavy atom. The molecule has 0 spiro atoms. The standard InChI is InChI=1S/C11H12OS/c12-7-2-1-4-10-5-3-6-11(8-10)9-13/h1,3-8,13H,2,9H2. The van der Waals surface area contributed by atoms with Crippen LogP contribution in [0.1, 0.15) is 17.5 Å². The Morgan fingerprint density at radius 3 is 2.92 bits per heavy atom. The molecular weight excluding hydrogens is 180 g/mol. The van der Waals surface area contributed by atoms with Crippen LogP contribution in [0, 0.1) is 0 Å². The topological polar surface area (TPSA) is 17.1 Å². The van der Waals surface area contributed by atoms with Gasteiger partial charge in [-0.2, -0.15) is 12.6 Å². The molecule has 1 aromatic carbocycles. The lowest BCUT2D eigenvalue weighted by Gasteiger charge is -1.97. The largest absolute Gasteiger partial charge is 0.303 e. The van der Waals surface area contributed by atoms with E-state index in [4.69, 9.17) is 0 Å². The predicted octanol–water partition coefficient (Wildman–Crippen LogP) is 2.72. The molecule has 1 rings (SSSR count). The van der Waals surface area contributed by atoms with E-state index in [1.165, 1.54) is 5.56 Å². The van der Waals surface area contributed by atoms with Gasteiger partial charge in [-0.1, -0.05) is 36.4 Å². The van der Waals surface area contributed by atoms with Crippen molar-refractivity contribution in [2.75, 3.05) is 0 Å². The van der Waals surface area contributed by atoms with Crippen LogP contribution in [0.15, 0.2) is 30.3 Å². The van der Waals surface area contributed by atoms with Crippen LogP contribution in [-0.2, 0) is 10.5 Å². The average Bonchev–Trinajstić information content (AvgIpc) is 2.19. The van der Waals surface area contributed by atoms with Gasteiger partial charge in [0.25, 0.3) is 0 Å². The van der Waals surface area contributed by atoms with E-state index in [1.807, 2.05) is 30.4 Å². The molecule has 0 aromatic heterocycles. The fourth-order valence-corrected chi connectivity index (χ4v) is 1.25. The quantitative estimate of drug-likeness (QED) is 0.573. The highest BCUT2D eigenvalue weighted by Crippen LogP contribution is 2.09. The predicted molar refractivity (Wildman–Crippen MR) is 58.8 cm³/mol. The fourth-order valence-electron chi connectivity index (χ4n) is 1.05. The molecule has 13 heavy (non-hydrogen) atoms. The van der Waals surface area contributed by atoms with Crippen LogP contribution >= 0.6 is 12.6 Å². The van der Waals surface area contributed by atoms with Gasteiger partial charge in [-0.15, -0.1) is 0 Å². The van der Waals surface area contributed by atoms with Crippen LogP contribution in [0.5, 0.6) is 0 Å². The first kappa shape index (κ1) is 10.1. The van der Waals surface area contributed by atoms with E-state index in [0.29, 0.717) is 6.42 Å². The van der Waals surface area contributed by atoms with Gasteiger partial charge in [0.15, 0.2) is 0 Å². The van der Waals surface area contributed by atoms with Crippen LogP contribution in [0.3, 0.4) is 0 Å². The maximum absolute atomic E-state index is 10.1. The van der Waals surface area contributed by atoms with Crippen molar-refractivity contribution >= 4 is 25.0 Å². The van der Waals surface area contributed by atoms with Crippen LogP contribution in [0.2, 0.25) is 0 Å². The summed E-state index contributed by atoms with van der Waals surface area (Å²) in [5.74, 6) is 0.745. The number of carbonyl (C=O) groups excluding carboxylic acids is 1. The Labute approximate surface area is 83.9 Å². The number of hydrogen-bond acceptors (Lipinski definition) is 2. The molecule has 2 heteroatoms. The van der Waals surface area contributed by atoms with Crippen molar-refractivity contribution < 1.29 is 4.79 Å². The maximum atomic E-state index is 10.1. The minimum Gasteiger partial charge on any atom is -0.303 e. The van der Waals surface area contributed by atoms with Crippen molar-refractivity contribution in [3.05, 3.63) is 41.5 Å². The molecule has 0 fully saturated rings. The molecule has 1 nitrogen and oxygen atoms in total. The zero-order valence-corrected chi connectivity index (χ0v) is 8.21. The zero-order valence-electron chi connectivity index (χ0n) is 7.31. The lowest BCUT2D eigenvalue weighted by atomic mass is 10.1. The molecule has 0 amide bonds. The maximum Gasteiger partial charge on any atom is 0.123 e. The third kappa shape index (κ3) is 3.47. The Morgan fingerprint density at radius 2 is 2.23 bits per heavy atom. The van der Waals surface area contributed by atoms with Crippen molar-refractivity contribution in [3.8, 4) is 0 Å². The number of rotatable bonds is 4. The number of thiol groups is 1. The van der Waals surface area contributed by atoms with Crippen LogP contribution in [0.4, 0.5) is 0 Å². The highest BCUT2D eigenvalue weighted by molar-refractivity contribution is 7.79. The van der Waals surface area contributed by atoms with Crippen molar-refractivity contribution in [2.45, 2.75) is 12.2 Å². The molecule has 0 saturated heterocycles. The lowest BCUT2D eigenvalue weighted by molar-refractivity contribution is -0.107. The molecule has 0 aliphatic rings. The molecule has 0 aliphatic carbocycles. The van der Waals surface area contributed by atoms with E-state index in [0.717, 1.165) is 17.6 Å². The Hall–Kier alpha value is -1.02. The summed E-state index contributed by atoms with van der Waals surface area (Å²) in [6, 6.07) is 8.10. The fraction of sp³-hybridized carbons (Fsp3) is 0.182. The SMILES string of the molecule is O=CCC=Cc1cccc(CS)c1. The van der Waals surface area contributed by atoms with Crippen molar-refractivity contribution in [3.63, 3.8) is 0 Å². The van der Waals surface area contributed by atoms with E-state index in [9.17, 15) is 4.79 Å². The van der Waals surface area contributed by atoms with E-state index in [1.54, 1.807) is 0 Å². The highest BCUT2D eigenvalue weighted by Gasteiger charge is 1.89. The monoisotopic (exact) mass is 192 g/mol. The number of allylic oxidation sites excluding steroid dienone is 1. The Balaban J connectivity index is 2.71. The summed E-state index contributed by atoms with van der Waals surface area (Å²) in [5, 5.41) is 0. The Kier molecular flexibility index (Phi) is 4.33. The first-order chi connectivity index (χ1) is 6.36. The zero-order chi connectivity index (χ0) is 9.52. The van der Waals surface area contributed by atoms with Crippen LogP contribution < -0.4 is 0 Å². The van der Waals surface area contributed by atoms with Gasteiger partial charge in [-0.05, 0) is 11.1 Å². The third-order valence-electron chi connectivity index (χ3n) is 1.68. The number of aldehydes is 1. The van der Waals surface area contributed by atoms with Crippen LogP contribution in [-0.4, -0.2) is 6.29 Å². The average molecular weight is 192 g/mol. The van der Waals surface area contributed by atoms with E-state index in [2.05, 4.69) is 18.7 Å². The summed E-state index contributed by atoms with van der Waals surface area (Å²) < 4.78 is 0. The van der Waals surface area contributed by atoms with E-state index < -0.39 is 0 Å². The molecule has 0 N–H and O–H groups in total. The van der Waals surface area contributed by atoms with Gasteiger partial charge in [-0.25, -0.2) is 0 Å². The summed E-state index contributed by atoms with van der Waals surface area (Å²) in [7, 11) is 0. The normalized spacial score (nSPS) is 10.5. The molecule has 0 heterocycles. The number of benzene rings is 1. The van der Waals surface area contributed by atoms with E-state index in [-0.39, 0.29) is 0 Å². The van der Waals surface area contributed by atoms with Crippen molar-refractivity contribution in [1.29, 1.82) is 0 Å². The minimum atomic E-state index is 0.477. The van der Waals surface area contributed by atoms with Gasteiger partial charge in [-0.3, -0.25) is 0 Å². The summed E-state index contributed by atoms with van der Waals surface area (Å²) >= 11 is 4.19.